The summed E-state index contributed by atoms with van der Waals surface area (Å²) in [5, 5.41) is 6.39. The van der Waals surface area contributed by atoms with Crippen molar-refractivity contribution in [2.24, 2.45) is 5.41 Å². The second kappa shape index (κ2) is 5.08. The van der Waals surface area contributed by atoms with E-state index < -0.39 is 5.60 Å². The normalized spacial score (nSPS) is 27.7. The lowest BCUT2D eigenvalue weighted by atomic mass is 9.73. The molecule has 0 bridgehead atoms. The third kappa shape index (κ3) is 5.25. The third-order valence-corrected chi connectivity index (χ3v) is 3.26. The lowest BCUT2D eigenvalue weighted by molar-refractivity contribution is 0.0470. The molecule has 1 aliphatic heterocycles. The number of nitrogens with one attached hydrogen (secondary N) is 2. The Morgan fingerprint density at radius 1 is 1.33 bits per heavy atom. The maximum absolute atomic E-state index is 11.7. The second-order valence-electron chi connectivity index (χ2n) is 7.40. The van der Waals surface area contributed by atoms with Gasteiger partial charge in [0, 0.05) is 12.1 Å². The first-order valence-electron chi connectivity index (χ1n) is 6.73. The Balaban J connectivity index is 2.45. The average Bonchev–Trinajstić information content (AvgIpc) is 2.10. The summed E-state index contributed by atoms with van der Waals surface area (Å²) >= 11 is 0. The fourth-order valence-electron chi connectivity index (χ4n) is 2.67. The minimum Gasteiger partial charge on any atom is -0.444 e. The molecule has 1 amide bonds. The quantitative estimate of drug-likeness (QED) is 0.798. The molecule has 4 nitrogen and oxygen atoms in total. The smallest absolute Gasteiger partial charge is 0.407 e. The molecule has 0 aliphatic carbocycles. The SMILES string of the molecule is CC1(CNC(=O)OC(C)(C)C)CCNC(C)(C)C1. The molecule has 1 rings (SSSR count). The van der Waals surface area contributed by atoms with Crippen molar-refractivity contribution in [2.75, 3.05) is 13.1 Å². The van der Waals surface area contributed by atoms with Gasteiger partial charge in [-0.2, -0.15) is 0 Å². The van der Waals surface area contributed by atoms with Crippen molar-refractivity contribution in [3.05, 3.63) is 0 Å². The number of alkyl carbamates (subject to hydrolysis) is 1. The van der Waals surface area contributed by atoms with E-state index in [2.05, 4.69) is 31.4 Å². The number of amides is 1. The van der Waals surface area contributed by atoms with Gasteiger partial charge in [-0.25, -0.2) is 4.79 Å². The van der Waals surface area contributed by atoms with Crippen molar-refractivity contribution >= 4 is 6.09 Å². The largest absolute Gasteiger partial charge is 0.444 e. The van der Waals surface area contributed by atoms with Crippen molar-refractivity contribution in [3.8, 4) is 0 Å². The highest BCUT2D eigenvalue weighted by molar-refractivity contribution is 5.67. The zero-order valence-corrected chi connectivity index (χ0v) is 12.6. The molecule has 0 radical (unpaired) electrons. The zero-order valence-electron chi connectivity index (χ0n) is 12.6. The summed E-state index contributed by atoms with van der Waals surface area (Å²) in [5.41, 5.74) is -0.146. The molecule has 2 N–H and O–H groups in total. The van der Waals surface area contributed by atoms with E-state index >= 15 is 0 Å². The van der Waals surface area contributed by atoms with Gasteiger partial charge in [0.2, 0.25) is 0 Å². The highest BCUT2D eigenvalue weighted by Crippen LogP contribution is 2.34. The Bertz CT molecular complexity index is 307. The first-order valence-corrected chi connectivity index (χ1v) is 6.73. The molecule has 0 aromatic rings. The molecule has 1 aliphatic rings. The lowest BCUT2D eigenvalue weighted by Crippen LogP contribution is -2.53. The molecule has 106 valence electrons. The number of carbonyl (C=O) groups excluding carboxylic acids is 1. The van der Waals surface area contributed by atoms with Crippen LogP contribution >= 0.6 is 0 Å². The Kier molecular flexibility index (Phi) is 4.31. The molecular weight excluding hydrogens is 228 g/mol. The van der Waals surface area contributed by atoms with Gasteiger partial charge in [-0.05, 0) is 59.4 Å². The molecule has 1 heterocycles. The Labute approximate surface area is 111 Å². The third-order valence-electron chi connectivity index (χ3n) is 3.26. The van der Waals surface area contributed by atoms with Crippen LogP contribution < -0.4 is 10.6 Å². The molecule has 1 unspecified atom stereocenters. The van der Waals surface area contributed by atoms with Gasteiger partial charge in [0.25, 0.3) is 0 Å². The van der Waals surface area contributed by atoms with Crippen LogP contribution in [0.5, 0.6) is 0 Å². The predicted octanol–water partition coefficient (Wildman–Crippen LogP) is 2.68. The van der Waals surface area contributed by atoms with Gasteiger partial charge < -0.3 is 15.4 Å². The molecule has 1 fully saturated rings. The number of rotatable bonds is 2. The van der Waals surface area contributed by atoms with Crippen LogP contribution in [-0.4, -0.2) is 30.3 Å². The monoisotopic (exact) mass is 256 g/mol. The average molecular weight is 256 g/mol. The molecular formula is C14H28N2O2. The highest BCUT2D eigenvalue weighted by Gasteiger charge is 2.36. The van der Waals surface area contributed by atoms with Crippen molar-refractivity contribution in [2.45, 2.75) is 65.5 Å². The topological polar surface area (TPSA) is 50.4 Å². The molecule has 1 atom stereocenters. The van der Waals surface area contributed by atoms with E-state index in [-0.39, 0.29) is 17.0 Å². The fourth-order valence-corrected chi connectivity index (χ4v) is 2.67. The summed E-state index contributed by atoms with van der Waals surface area (Å²) in [6.45, 7) is 13.9. The first kappa shape index (κ1) is 15.3. The van der Waals surface area contributed by atoms with Crippen LogP contribution in [0.1, 0.15) is 54.4 Å². The molecule has 1 saturated heterocycles. The van der Waals surface area contributed by atoms with E-state index in [9.17, 15) is 4.79 Å². The van der Waals surface area contributed by atoms with Gasteiger partial charge in [0.15, 0.2) is 0 Å². The summed E-state index contributed by atoms with van der Waals surface area (Å²) in [6, 6.07) is 0. The van der Waals surface area contributed by atoms with E-state index in [4.69, 9.17) is 4.74 Å². The molecule has 0 spiro atoms. The van der Waals surface area contributed by atoms with Crippen molar-refractivity contribution in [1.29, 1.82) is 0 Å². The minimum absolute atomic E-state index is 0.141. The van der Waals surface area contributed by atoms with Gasteiger partial charge in [0.05, 0.1) is 0 Å². The van der Waals surface area contributed by atoms with Crippen LogP contribution in [0.4, 0.5) is 4.79 Å². The van der Waals surface area contributed by atoms with E-state index in [0.29, 0.717) is 6.54 Å². The number of ether oxygens (including phenoxy) is 1. The van der Waals surface area contributed by atoms with Crippen LogP contribution in [0.25, 0.3) is 0 Å². The summed E-state index contributed by atoms with van der Waals surface area (Å²) < 4.78 is 5.26. The van der Waals surface area contributed by atoms with E-state index in [1.54, 1.807) is 0 Å². The summed E-state index contributed by atoms with van der Waals surface area (Å²) in [7, 11) is 0. The van der Waals surface area contributed by atoms with E-state index in [1.165, 1.54) is 0 Å². The van der Waals surface area contributed by atoms with Crippen LogP contribution in [0.15, 0.2) is 0 Å². The molecule has 0 saturated carbocycles. The lowest BCUT2D eigenvalue weighted by Gasteiger charge is -2.43. The van der Waals surface area contributed by atoms with Gasteiger partial charge in [0.1, 0.15) is 5.60 Å². The van der Waals surface area contributed by atoms with Crippen LogP contribution in [-0.2, 0) is 4.74 Å². The zero-order chi connectivity index (χ0) is 14.0. The second-order valence-corrected chi connectivity index (χ2v) is 7.40. The maximum atomic E-state index is 11.7. The Morgan fingerprint density at radius 3 is 2.44 bits per heavy atom. The fraction of sp³-hybridized carbons (Fsp3) is 0.929. The van der Waals surface area contributed by atoms with Crippen molar-refractivity contribution in [1.82, 2.24) is 10.6 Å². The summed E-state index contributed by atoms with van der Waals surface area (Å²) in [6.07, 6.45) is 1.81. The van der Waals surface area contributed by atoms with Gasteiger partial charge in [-0.3, -0.25) is 0 Å². The Morgan fingerprint density at radius 2 is 1.94 bits per heavy atom. The molecule has 0 aromatic heterocycles. The van der Waals surface area contributed by atoms with Crippen LogP contribution in [0, 0.1) is 5.41 Å². The van der Waals surface area contributed by atoms with Crippen molar-refractivity contribution < 1.29 is 9.53 Å². The molecule has 0 aromatic carbocycles. The van der Waals surface area contributed by atoms with Crippen LogP contribution in [0.3, 0.4) is 0 Å². The van der Waals surface area contributed by atoms with Gasteiger partial charge >= 0.3 is 6.09 Å². The number of carbonyl (C=O) groups is 1. The van der Waals surface area contributed by atoms with Crippen molar-refractivity contribution in [3.63, 3.8) is 0 Å². The summed E-state index contributed by atoms with van der Waals surface area (Å²) in [5.74, 6) is 0. The van der Waals surface area contributed by atoms with E-state index in [0.717, 1.165) is 19.4 Å². The number of hydrogen-bond donors (Lipinski definition) is 2. The maximum Gasteiger partial charge on any atom is 0.407 e. The number of hydrogen-bond acceptors (Lipinski definition) is 3. The van der Waals surface area contributed by atoms with E-state index in [1.807, 2.05) is 20.8 Å². The standard InChI is InChI=1S/C14H28N2O2/c1-12(2,3)18-11(17)15-10-14(6)7-8-16-13(4,5)9-14/h16H,7-10H2,1-6H3,(H,15,17). The number of piperidine rings is 1. The van der Waals surface area contributed by atoms with Gasteiger partial charge in [-0.1, -0.05) is 6.92 Å². The Hall–Kier alpha value is -0.770. The predicted molar refractivity (Wildman–Crippen MR) is 73.7 cm³/mol. The van der Waals surface area contributed by atoms with Gasteiger partial charge in [-0.15, -0.1) is 0 Å². The molecule has 4 heteroatoms. The minimum atomic E-state index is -0.432. The first-order chi connectivity index (χ1) is 8.02. The van der Waals surface area contributed by atoms with Crippen LogP contribution in [0.2, 0.25) is 0 Å². The molecule has 18 heavy (non-hydrogen) atoms. The summed E-state index contributed by atoms with van der Waals surface area (Å²) in [4.78, 5) is 11.7. The highest BCUT2D eigenvalue weighted by atomic mass is 16.6.